The van der Waals surface area contributed by atoms with Crippen LogP contribution >= 0.6 is 0 Å². The third-order valence-electron chi connectivity index (χ3n) is 4.18. The molecule has 0 saturated heterocycles. The summed E-state index contributed by atoms with van der Waals surface area (Å²) in [5.41, 5.74) is 2.45. The minimum Gasteiger partial charge on any atom is -0.322 e. The topological polar surface area (TPSA) is 44.3 Å². The van der Waals surface area contributed by atoms with Crippen LogP contribution in [0.15, 0.2) is 40.6 Å². The molecule has 8 heteroatoms. The second kappa shape index (κ2) is 5.89. The highest BCUT2D eigenvalue weighted by atomic mass is 19.4. The second-order valence-electron chi connectivity index (χ2n) is 5.67. The number of benzene rings is 1. The predicted octanol–water partition coefficient (Wildman–Crippen LogP) is 3.25. The smallest absolute Gasteiger partial charge is 0.322 e. The van der Waals surface area contributed by atoms with E-state index < -0.39 is 23.0 Å². The van der Waals surface area contributed by atoms with E-state index in [0.717, 1.165) is 22.1 Å². The molecule has 1 aromatic carbocycles. The third kappa shape index (κ3) is 2.74. The van der Waals surface area contributed by atoms with Gasteiger partial charge in [0.1, 0.15) is 5.69 Å². The van der Waals surface area contributed by atoms with Crippen molar-refractivity contribution < 1.29 is 13.2 Å². The van der Waals surface area contributed by atoms with Crippen LogP contribution in [0, 0.1) is 0 Å². The zero-order chi connectivity index (χ0) is 18.4. The van der Waals surface area contributed by atoms with Crippen LogP contribution in [0.3, 0.4) is 0 Å². The fraction of sp³-hybridized carbons (Fsp3) is 0.294. The first-order chi connectivity index (χ1) is 11.8. The molecule has 132 valence electrons. The summed E-state index contributed by atoms with van der Waals surface area (Å²) < 4.78 is 40.5. The maximum Gasteiger partial charge on any atom is 0.433 e. The van der Waals surface area contributed by atoms with Gasteiger partial charge in [0.2, 0.25) is 0 Å². The van der Waals surface area contributed by atoms with Crippen molar-refractivity contribution in [1.82, 2.24) is 9.78 Å². The molecule has 1 N–H and O–H groups in total. The molecule has 1 aliphatic heterocycles. The normalized spacial score (nSPS) is 13.9. The summed E-state index contributed by atoms with van der Waals surface area (Å²) in [7, 11) is 3.59. The van der Waals surface area contributed by atoms with Gasteiger partial charge in [0.25, 0.3) is 5.56 Å². The molecule has 3 rings (SSSR count). The Morgan fingerprint density at radius 1 is 1.16 bits per heavy atom. The predicted molar refractivity (Wildman–Crippen MR) is 90.5 cm³/mol. The molecule has 0 saturated carbocycles. The van der Waals surface area contributed by atoms with E-state index in [0.29, 0.717) is 5.82 Å². The van der Waals surface area contributed by atoms with E-state index in [-0.39, 0.29) is 6.54 Å². The van der Waals surface area contributed by atoms with Crippen LogP contribution in [-0.2, 0) is 12.7 Å². The highest BCUT2D eigenvalue weighted by Gasteiger charge is 2.37. The molecule has 0 atom stereocenters. The first-order valence-corrected chi connectivity index (χ1v) is 7.69. The van der Waals surface area contributed by atoms with Crippen LogP contribution < -0.4 is 15.4 Å². The van der Waals surface area contributed by atoms with Crippen molar-refractivity contribution in [1.29, 1.82) is 0 Å². The molecule has 0 spiro atoms. The standard InChI is InChI=1S/C17H17F3N4O/c1-4-24-16(25)11(15(21-24)17(18,19)20)9-10-14-22(2)12-7-5-6-8-13(12)23(14)3/h5-9,21H,4H2,1-3H3. The van der Waals surface area contributed by atoms with E-state index in [9.17, 15) is 18.0 Å². The van der Waals surface area contributed by atoms with Gasteiger partial charge in [0.05, 0.1) is 16.9 Å². The second-order valence-corrected chi connectivity index (χ2v) is 5.67. The van der Waals surface area contributed by atoms with E-state index in [1.54, 1.807) is 21.0 Å². The molecule has 5 nitrogen and oxygen atoms in total. The zero-order valence-corrected chi connectivity index (χ0v) is 14.0. The maximum absolute atomic E-state index is 13.2. The Kier molecular flexibility index (Phi) is 4.00. The number of nitrogens with one attached hydrogen (secondary N) is 1. The summed E-state index contributed by atoms with van der Waals surface area (Å²) in [5.74, 6) is 0.554. The molecule has 1 aromatic heterocycles. The molecular formula is C17H17F3N4O. The van der Waals surface area contributed by atoms with E-state index in [4.69, 9.17) is 0 Å². The Morgan fingerprint density at radius 2 is 1.72 bits per heavy atom. The summed E-state index contributed by atoms with van der Waals surface area (Å²) in [5, 5.41) is 2.13. The number of anilines is 2. The number of para-hydroxylation sites is 2. The molecule has 0 amide bonds. The lowest BCUT2D eigenvalue weighted by Crippen LogP contribution is -2.21. The summed E-state index contributed by atoms with van der Waals surface area (Å²) in [4.78, 5) is 15.8. The van der Waals surface area contributed by atoms with Crippen molar-refractivity contribution in [3.63, 3.8) is 0 Å². The molecule has 0 radical (unpaired) electrons. The Balaban J connectivity index is 2.13. The van der Waals surface area contributed by atoms with Gasteiger partial charge in [0.15, 0.2) is 5.82 Å². The number of hydrogen-bond donors (Lipinski definition) is 1. The van der Waals surface area contributed by atoms with Crippen molar-refractivity contribution >= 4 is 17.5 Å². The summed E-state index contributed by atoms with van der Waals surface area (Å²) in [6.07, 6.45) is -3.55. The van der Waals surface area contributed by atoms with Gasteiger partial charge in [-0.15, -0.1) is 0 Å². The Bertz CT molecular complexity index is 901. The SMILES string of the molecule is CCn1[nH]c(C(F)(F)F)c(C=C=C2N(C)c3ccccc3N2C)c1=O. The van der Waals surface area contributed by atoms with Crippen molar-refractivity contribution in [2.45, 2.75) is 19.6 Å². The zero-order valence-electron chi connectivity index (χ0n) is 14.0. The van der Waals surface area contributed by atoms with Gasteiger partial charge in [0, 0.05) is 20.6 Å². The van der Waals surface area contributed by atoms with E-state index >= 15 is 0 Å². The van der Waals surface area contributed by atoms with E-state index in [1.807, 2.05) is 34.1 Å². The molecular weight excluding hydrogens is 333 g/mol. The minimum absolute atomic E-state index is 0.123. The number of alkyl halides is 3. The van der Waals surface area contributed by atoms with Crippen molar-refractivity contribution in [2.24, 2.45) is 0 Å². The van der Waals surface area contributed by atoms with E-state index in [2.05, 4.69) is 10.8 Å². The summed E-state index contributed by atoms with van der Waals surface area (Å²) in [6.45, 7) is 1.72. The summed E-state index contributed by atoms with van der Waals surface area (Å²) >= 11 is 0. The molecule has 1 aliphatic rings. The van der Waals surface area contributed by atoms with Gasteiger partial charge in [-0.05, 0) is 25.1 Å². The van der Waals surface area contributed by atoms with Crippen LogP contribution in [-0.4, -0.2) is 23.9 Å². The number of aromatic nitrogens is 2. The Morgan fingerprint density at radius 3 is 2.20 bits per heavy atom. The lowest BCUT2D eigenvalue weighted by atomic mass is 10.2. The van der Waals surface area contributed by atoms with Crippen molar-refractivity contribution in [2.75, 3.05) is 23.9 Å². The fourth-order valence-electron chi connectivity index (χ4n) is 2.89. The van der Waals surface area contributed by atoms with Gasteiger partial charge in [-0.2, -0.15) is 13.2 Å². The largest absolute Gasteiger partial charge is 0.433 e. The van der Waals surface area contributed by atoms with Gasteiger partial charge in [-0.1, -0.05) is 17.9 Å². The van der Waals surface area contributed by atoms with Gasteiger partial charge in [-0.3, -0.25) is 14.6 Å². The highest BCUT2D eigenvalue weighted by Crippen LogP contribution is 2.38. The Hall–Kier alpha value is -2.86. The van der Waals surface area contributed by atoms with Crippen LogP contribution in [0.1, 0.15) is 18.2 Å². The maximum atomic E-state index is 13.2. The average Bonchev–Trinajstić information content (AvgIpc) is 3.02. The fourth-order valence-corrected chi connectivity index (χ4v) is 2.89. The minimum atomic E-state index is -4.64. The molecule has 0 aliphatic carbocycles. The number of halogens is 3. The molecule has 2 heterocycles. The van der Waals surface area contributed by atoms with Gasteiger partial charge >= 0.3 is 6.18 Å². The number of fused-ring (bicyclic) bond motifs is 1. The number of rotatable bonds is 2. The highest BCUT2D eigenvalue weighted by molar-refractivity contribution is 5.82. The molecule has 25 heavy (non-hydrogen) atoms. The van der Waals surface area contributed by atoms with Crippen LogP contribution in [0.5, 0.6) is 0 Å². The van der Waals surface area contributed by atoms with Gasteiger partial charge in [-0.25, -0.2) is 0 Å². The average molecular weight is 350 g/mol. The van der Waals surface area contributed by atoms with E-state index in [1.165, 1.54) is 0 Å². The first-order valence-electron chi connectivity index (χ1n) is 7.69. The first kappa shape index (κ1) is 17.0. The number of H-pyrrole nitrogens is 1. The number of hydrogen-bond acceptors (Lipinski definition) is 3. The van der Waals surface area contributed by atoms with Crippen molar-refractivity contribution in [3.8, 4) is 0 Å². The molecule has 0 bridgehead atoms. The quantitative estimate of drug-likeness (QED) is 0.846. The number of nitrogens with zero attached hydrogens (tertiary/aromatic N) is 3. The molecule has 2 aromatic rings. The lowest BCUT2D eigenvalue weighted by molar-refractivity contribution is -0.141. The number of aromatic amines is 1. The van der Waals surface area contributed by atoms with Gasteiger partial charge < -0.3 is 9.80 Å². The number of aryl methyl sites for hydroxylation is 1. The third-order valence-corrected chi connectivity index (χ3v) is 4.18. The lowest BCUT2D eigenvalue weighted by Gasteiger charge is -2.15. The monoisotopic (exact) mass is 350 g/mol. The summed E-state index contributed by atoms with van der Waals surface area (Å²) in [6, 6.07) is 7.57. The Labute approximate surface area is 142 Å². The molecule has 0 unspecified atom stereocenters. The van der Waals surface area contributed by atoms with Crippen LogP contribution in [0.2, 0.25) is 0 Å². The van der Waals surface area contributed by atoms with Crippen LogP contribution in [0.25, 0.3) is 6.08 Å². The van der Waals surface area contributed by atoms with Crippen molar-refractivity contribution in [3.05, 3.63) is 57.4 Å². The molecule has 0 fully saturated rings. The van der Waals surface area contributed by atoms with Crippen LogP contribution in [0.4, 0.5) is 24.5 Å².